The molecule has 5 saturated heterocycles. The van der Waals surface area contributed by atoms with E-state index in [4.69, 9.17) is 37.9 Å². The summed E-state index contributed by atoms with van der Waals surface area (Å²) in [5.41, 5.74) is 0. The van der Waals surface area contributed by atoms with Gasteiger partial charge in [-0.25, -0.2) is 0 Å². The van der Waals surface area contributed by atoms with Gasteiger partial charge >= 0.3 is 0 Å². The van der Waals surface area contributed by atoms with Crippen LogP contribution in [-0.2, 0) is 37.9 Å². The Morgan fingerprint density at radius 2 is 0.408 bits per heavy atom. The molecule has 5 heterocycles. The second-order valence-corrected chi connectivity index (χ2v) is 12.5. The maximum atomic E-state index is 5.76. The van der Waals surface area contributed by atoms with Crippen molar-refractivity contribution in [1.82, 2.24) is 35.6 Å². The molecule has 0 amide bonds. The molecule has 5 rings (SSSR count). The smallest absolute Gasteiger partial charge is 0.0701 e. The summed E-state index contributed by atoms with van der Waals surface area (Å²) in [4.78, 5) is 9.58. The van der Waals surface area contributed by atoms with Crippen LogP contribution >= 0.6 is 0 Å². The molecular weight excluding hydrogens is 634 g/mol. The monoisotopic (exact) mass is 706 g/mol. The van der Waals surface area contributed by atoms with Crippen LogP contribution < -0.4 is 16.0 Å². The van der Waals surface area contributed by atoms with Crippen molar-refractivity contribution >= 4 is 0 Å². The number of rotatable bonds is 0. The lowest BCUT2D eigenvalue weighted by atomic mass is 10.4. The molecule has 0 aromatic rings. The molecule has 5 aliphatic rings. The van der Waals surface area contributed by atoms with Crippen LogP contribution in [0, 0.1) is 0 Å². The van der Waals surface area contributed by atoms with Gasteiger partial charge in [0.15, 0.2) is 0 Å². The van der Waals surface area contributed by atoms with Crippen molar-refractivity contribution in [2.24, 2.45) is 0 Å². The second-order valence-electron chi connectivity index (χ2n) is 12.5. The van der Waals surface area contributed by atoms with Crippen molar-refractivity contribution in [3.8, 4) is 0 Å². The van der Waals surface area contributed by atoms with Crippen molar-refractivity contribution < 1.29 is 37.9 Å². The molecule has 0 aromatic heterocycles. The fraction of sp³-hybridized carbons (Fsp3) is 1.00. The van der Waals surface area contributed by atoms with Gasteiger partial charge in [-0.15, -0.1) is 0 Å². The lowest BCUT2D eigenvalue weighted by Crippen LogP contribution is -2.40. The highest BCUT2D eigenvalue weighted by Crippen LogP contribution is 1.96. The number of ether oxygens (including phenoxy) is 8. The summed E-state index contributed by atoms with van der Waals surface area (Å²) in [5.74, 6) is 0. The van der Waals surface area contributed by atoms with E-state index in [1.54, 1.807) is 0 Å². The van der Waals surface area contributed by atoms with Crippen LogP contribution in [0.25, 0.3) is 0 Å². The van der Waals surface area contributed by atoms with Gasteiger partial charge in [0.2, 0.25) is 0 Å². The SMILES string of the molecule is C1COCCN2CCNCCN(CCN1)CCOCCOCC2.C1COCCN2CCOCCOCCN(CCN1)CCOCCOCC2. The Kier molecular flexibility index (Phi) is 28.0. The number of nitrogens with one attached hydrogen (secondary N) is 3. The molecule has 15 heteroatoms. The van der Waals surface area contributed by atoms with E-state index in [1.807, 2.05) is 0 Å². The summed E-state index contributed by atoms with van der Waals surface area (Å²) in [7, 11) is 0. The summed E-state index contributed by atoms with van der Waals surface area (Å²) in [6.07, 6.45) is 0. The van der Waals surface area contributed by atoms with Crippen molar-refractivity contribution in [2.45, 2.75) is 0 Å². The molecule has 290 valence electrons. The first-order chi connectivity index (χ1) is 24.4. The van der Waals surface area contributed by atoms with E-state index >= 15 is 0 Å². The molecule has 5 aliphatic heterocycles. The molecule has 0 aromatic carbocycles. The predicted octanol–water partition coefficient (Wildman–Crippen LogP) is -1.86. The van der Waals surface area contributed by atoms with E-state index in [1.165, 1.54) is 0 Å². The van der Waals surface area contributed by atoms with Crippen LogP contribution in [0.4, 0.5) is 0 Å². The Bertz CT molecular complexity index is 600. The molecule has 2 atom stereocenters. The lowest BCUT2D eigenvalue weighted by Gasteiger charge is -2.24. The second kappa shape index (κ2) is 32.1. The van der Waals surface area contributed by atoms with E-state index in [2.05, 4.69) is 35.6 Å². The van der Waals surface area contributed by atoms with Crippen molar-refractivity contribution in [3.05, 3.63) is 0 Å². The van der Waals surface area contributed by atoms with Gasteiger partial charge in [0.25, 0.3) is 0 Å². The molecule has 4 bridgehead atoms. The Labute approximate surface area is 296 Å². The molecule has 0 saturated carbocycles. The fourth-order valence-corrected chi connectivity index (χ4v) is 5.67. The molecule has 15 nitrogen and oxygen atoms in total. The third-order valence-corrected chi connectivity index (χ3v) is 8.80. The third kappa shape index (κ3) is 25.1. The largest absolute Gasteiger partial charge is 0.379 e. The standard InChI is InChI=1S/C18H37N3O5.C16H34N4O3/c1-3-20-4-11-23-15-17-25-13-7-21(6-10-22-9-2-19-1)8-14-26-18-16-24-12-5-20;1-5-19-6-3-18-4-11-21-12-9-20(7-2-17-1)10-14-23-16-15-22-13-8-19/h19H,1-18H2;17-18H,1-16H2. The summed E-state index contributed by atoms with van der Waals surface area (Å²) < 4.78 is 45.7. The zero-order valence-electron chi connectivity index (χ0n) is 30.6. The van der Waals surface area contributed by atoms with E-state index in [9.17, 15) is 0 Å². The average molecular weight is 706 g/mol. The maximum absolute atomic E-state index is 5.76. The lowest BCUT2D eigenvalue weighted by molar-refractivity contribution is 0.00338. The maximum Gasteiger partial charge on any atom is 0.0701 e. The van der Waals surface area contributed by atoms with Crippen LogP contribution in [0.3, 0.4) is 0 Å². The highest BCUT2D eigenvalue weighted by atomic mass is 16.5. The quantitative estimate of drug-likeness (QED) is 0.244. The van der Waals surface area contributed by atoms with Crippen LogP contribution in [-0.4, -0.2) is 243 Å². The highest BCUT2D eigenvalue weighted by molar-refractivity contribution is 4.66. The van der Waals surface area contributed by atoms with E-state index in [0.29, 0.717) is 52.9 Å². The van der Waals surface area contributed by atoms with Crippen LogP contribution in [0.1, 0.15) is 0 Å². The average Bonchev–Trinajstić information content (AvgIpc) is 3.12. The van der Waals surface area contributed by atoms with Gasteiger partial charge in [0, 0.05) is 118 Å². The van der Waals surface area contributed by atoms with Gasteiger partial charge in [-0.1, -0.05) is 0 Å². The van der Waals surface area contributed by atoms with Gasteiger partial charge in [-0.3, -0.25) is 19.6 Å². The molecular formula is C34H71N7O8. The van der Waals surface area contributed by atoms with Crippen LogP contribution in [0.5, 0.6) is 0 Å². The number of hydrogen-bond acceptors (Lipinski definition) is 15. The molecule has 0 radical (unpaired) electrons. The van der Waals surface area contributed by atoms with Crippen LogP contribution in [0.2, 0.25) is 0 Å². The topological polar surface area (TPSA) is 123 Å². The van der Waals surface area contributed by atoms with Crippen molar-refractivity contribution in [2.75, 3.05) is 224 Å². The van der Waals surface area contributed by atoms with E-state index in [0.717, 1.165) is 171 Å². The van der Waals surface area contributed by atoms with Gasteiger partial charge in [-0.05, 0) is 0 Å². The first-order valence-electron chi connectivity index (χ1n) is 19.0. The molecule has 49 heavy (non-hydrogen) atoms. The first-order valence-corrected chi connectivity index (χ1v) is 19.0. The van der Waals surface area contributed by atoms with Crippen molar-refractivity contribution in [3.63, 3.8) is 0 Å². The highest BCUT2D eigenvalue weighted by Gasteiger charge is 2.10. The normalized spacial score (nSPS) is 30.9. The molecule has 0 spiro atoms. The summed E-state index contributed by atoms with van der Waals surface area (Å²) >= 11 is 0. The minimum absolute atomic E-state index is 0.644. The van der Waals surface area contributed by atoms with Gasteiger partial charge in [-0.2, -0.15) is 0 Å². The third-order valence-electron chi connectivity index (χ3n) is 8.80. The molecule has 5 fully saturated rings. The summed E-state index contributed by atoms with van der Waals surface area (Å²) in [5, 5.41) is 10.5. The Morgan fingerprint density at radius 3 is 0.694 bits per heavy atom. The van der Waals surface area contributed by atoms with Crippen LogP contribution in [0.15, 0.2) is 0 Å². The van der Waals surface area contributed by atoms with Gasteiger partial charge < -0.3 is 53.8 Å². The molecule has 3 N–H and O–H groups in total. The van der Waals surface area contributed by atoms with E-state index in [-0.39, 0.29) is 0 Å². The Morgan fingerprint density at radius 1 is 0.204 bits per heavy atom. The summed E-state index contributed by atoms with van der Waals surface area (Å²) in [6.45, 7) is 28.7. The van der Waals surface area contributed by atoms with Gasteiger partial charge in [0.05, 0.1) is 106 Å². The predicted molar refractivity (Wildman–Crippen MR) is 191 cm³/mol. The molecule has 0 aliphatic carbocycles. The number of fused-ring (bicyclic) bond motifs is 27. The van der Waals surface area contributed by atoms with Gasteiger partial charge in [0.1, 0.15) is 0 Å². The Hall–Kier alpha value is -0.600. The number of hydrogen-bond donors (Lipinski definition) is 3. The zero-order valence-corrected chi connectivity index (χ0v) is 30.6. The minimum atomic E-state index is 0.644. The Balaban J connectivity index is 0.000000267. The van der Waals surface area contributed by atoms with E-state index < -0.39 is 0 Å². The molecule has 2 unspecified atom stereocenters. The zero-order chi connectivity index (χ0) is 34.1. The number of nitrogens with zero attached hydrogens (tertiary/aromatic N) is 4. The minimum Gasteiger partial charge on any atom is -0.379 e. The first kappa shape index (κ1) is 42.8. The fourth-order valence-electron chi connectivity index (χ4n) is 5.67. The van der Waals surface area contributed by atoms with Crippen molar-refractivity contribution in [1.29, 1.82) is 0 Å². The summed E-state index contributed by atoms with van der Waals surface area (Å²) in [6, 6.07) is 0.